The van der Waals surface area contributed by atoms with Crippen molar-refractivity contribution >= 4 is 6.29 Å². The van der Waals surface area contributed by atoms with Crippen LogP contribution in [-0.4, -0.2) is 45.6 Å². The zero-order valence-corrected chi connectivity index (χ0v) is 10.6. The third kappa shape index (κ3) is 4.17. The topological polar surface area (TPSA) is 38.8 Å². The van der Waals surface area contributed by atoms with Gasteiger partial charge in [-0.25, -0.2) is 0 Å². The van der Waals surface area contributed by atoms with E-state index >= 15 is 0 Å². The highest BCUT2D eigenvalue weighted by molar-refractivity contribution is 5.75. The van der Waals surface area contributed by atoms with Crippen LogP contribution in [0.4, 0.5) is 0 Å². The summed E-state index contributed by atoms with van der Waals surface area (Å²) in [5, 5.41) is 0. The Balaban J connectivity index is 2.76. The van der Waals surface area contributed by atoms with Gasteiger partial charge >= 0.3 is 0 Å². The number of benzene rings is 1. The fourth-order valence-corrected chi connectivity index (χ4v) is 1.61. The summed E-state index contributed by atoms with van der Waals surface area (Å²) in [6.45, 7) is 2.26. The molecule has 0 aliphatic rings. The SMILES string of the molecule is COCCN(C)Cc1cc(C=O)ccc1OC. The number of methoxy groups -OCH3 is 2. The second-order valence-corrected chi connectivity index (χ2v) is 3.92. The van der Waals surface area contributed by atoms with E-state index in [0.29, 0.717) is 12.2 Å². The molecular weight excluding hydrogens is 218 g/mol. The third-order valence-electron chi connectivity index (χ3n) is 2.56. The van der Waals surface area contributed by atoms with Crippen molar-refractivity contribution in [1.82, 2.24) is 4.90 Å². The second kappa shape index (κ2) is 7.04. The van der Waals surface area contributed by atoms with Crippen LogP contribution >= 0.6 is 0 Å². The number of likely N-dealkylation sites (N-methyl/N-ethyl adjacent to an activating group) is 1. The van der Waals surface area contributed by atoms with Crippen LogP contribution in [0.5, 0.6) is 5.75 Å². The van der Waals surface area contributed by atoms with Gasteiger partial charge in [-0.3, -0.25) is 9.69 Å². The molecule has 0 unspecified atom stereocenters. The number of rotatable bonds is 7. The minimum Gasteiger partial charge on any atom is -0.496 e. The average molecular weight is 237 g/mol. The Labute approximate surface area is 102 Å². The standard InChI is InChI=1S/C13H19NO3/c1-14(6-7-16-2)9-12-8-11(10-15)4-5-13(12)17-3/h4-5,8,10H,6-7,9H2,1-3H3. The number of nitrogens with zero attached hydrogens (tertiary/aromatic N) is 1. The maximum absolute atomic E-state index is 10.7. The minimum atomic E-state index is 0.668. The molecule has 4 heteroatoms. The van der Waals surface area contributed by atoms with Crippen molar-refractivity contribution in [2.75, 3.05) is 34.4 Å². The van der Waals surface area contributed by atoms with Crippen LogP contribution in [-0.2, 0) is 11.3 Å². The Morgan fingerprint density at radius 1 is 1.35 bits per heavy atom. The van der Waals surface area contributed by atoms with Crippen LogP contribution in [0.3, 0.4) is 0 Å². The molecule has 17 heavy (non-hydrogen) atoms. The zero-order chi connectivity index (χ0) is 12.7. The number of ether oxygens (including phenoxy) is 2. The summed E-state index contributed by atoms with van der Waals surface area (Å²) in [5.74, 6) is 0.805. The zero-order valence-electron chi connectivity index (χ0n) is 10.6. The number of hydrogen-bond donors (Lipinski definition) is 0. The maximum atomic E-state index is 10.7. The van der Waals surface area contributed by atoms with Gasteiger partial charge in [0, 0.05) is 31.3 Å². The van der Waals surface area contributed by atoms with Gasteiger partial charge < -0.3 is 9.47 Å². The Morgan fingerprint density at radius 2 is 2.12 bits per heavy atom. The van der Waals surface area contributed by atoms with Crippen molar-refractivity contribution in [2.24, 2.45) is 0 Å². The Hall–Kier alpha value is -1.39. The first-order chi connectivity index (χ1) is 8.21. The molecule has 4 nitrogen and oxygen atoms in total. The van der Waals surface area contributed by atoms with Gasteiger partial charge in [-0.1, -0.05) is 0 Å². The molecule has 0 atom stereocenters. The Kier molecular flexibility index (Phi) is 5.66. The first-order valence-corrected chi connectivity index (χ1v) is 5.50. The second-order valence-electron chi connectivity index (χ2n) is 3.92. The van der Waals surface area contributed by atoms with Gasteiger partial charge in [-0.15, -0.1) is 0 Å². The monoisotopic (exact) mass is 237 g/mol. The lowest BCUT2D eigenvalue weighted by Gasteiger charge is -2.18. The summed E-state index contributed by atoms with van der Waals surface area (Å²) in [6, 6.07) is 5.43. The molecule has 1 aromatic rings. The lowest BCUT2D eigenvalue weighted by atomic mass is 10.1. The van der Waals surface area contributed by atoms with Gasteiger partial charge in [0.1, 0.15) is 12.0 Å². The Morgan fingerprint density at radius 3 is 2.71 bits per heavy atom. The van der Waals surface area contributed by atoms with Crippen LogP contribution in [0.2, 0.25) is 0 Å². The predicted octanol–water partition coefficient (Wildman–Crippen LogP) is 1.59. The molecule has 0 aliphatic carbocycles. The van der Waals surface area contributed by atoms with E-state index in [1.165, 1.54) is 0 Å². The molecule has 1 rings (SSSR count). The van der Waals surface area contributed by atoms with Crippen LogP contribution in [0.1, 0.15) is 15.9 Å². The maximum Gasteiger partial charge on any atom is 0.150 e. The van der Waals surface area contributed by atoms with Gasteiger partial charge in [0.05, 0.1) is 13.7 Å². The summed E-state index contributed by atoms with van der Waals surface area (Å²) >= 11 is 0. The summed E-state index contributed by atoms with van der Waals surface area (Å²) < 4.78 is 10.3. The Bertz CT molecular complexity index is 366. The van der Waals surface area contributed by atoms with E-state index in [2.05, 4.69) is 4.90 Å². The molecule has 0 spiro atoms. The van der Waals surface area contributed by atoms with Crippen molar-refractivity contribution in [3.63, 3.8) is 0 Å². The van der Waals surface area contributed by atoms with Gasteiger partial charge in [-0.2, -0.15) is 0 Å². The van der Waals surface area contributed by atoms with Gasteiger partial charge in [0.2, 0.25) is 0 Å². The molecule has 0 bridgehead atoms. The highest BCUT2D eigenvalue weighted by Gasteiger charge is 2.07. The van der Waals surface area contributed by atoms with E-state index in [1.54, 1.807) is 20.3 Å². The van der Waals surface area contributed by atoms with Crippen LogP contribution < -0.4 is 4.74 Å². The van der Waals surface area contributed by atoms with Crippen LogP contribution in [0.25, 0.3) is 0 Å². The van der Waals surface area contributed by atoms with Crippen LogP contribution in [0.15, 0.2) is 18.2 Å². The van der Waals surface area contributed by atoms with E-state index in [9.17, 15) is 4.79 Å². The predicted molar refractivity (Wildman–Crippen MR) is 66.6 cm³/mol. The van der Waals surface area contributed by atoms with E-state index in [4.69, 9.17) is 9.47 Å². The molecule has 0 radical (unpaired) electrons. The van der Waals surface area contributed by atoms with Crippen molar-refractivity contribution in [1.29, 1.82) is 0 Å². The molecule has 0 aromatic heterocycles. The largest absolute Gasteiger partial charge is 0.496 e. The number of aldehydes is 1. The highest BCUT2D eigenvalue weighted by Crippen LogP contribution is 2.20. The fraction of sp³-hybridized carbons (Fsp3) is 0.462. The van der Waals surface area contributed by atoms with Crippen LogP contribution in [0, 0.1) is 0 Å². The van der Waals surface area contributed by atoms with E-state index in [1.807, 2.05) is 19.2 Å². The molecule has 94 valence electrons. The van der Waals surface area contributed by atoms with Crippen molar-refractivity contribution in [3.8, 4) is 5.75 Å². The lowest BCUT2D eigenvalue weighted by Crippen LogP contribution is -2.22. The van der Waals surface area contributed by atoms with E-state index < -0.39 is 0 Å². The number of carbonyl (C=O) groups excluding carboxylic acids is 1. The minimum absolute atomic E-state index is 0.668. The highest BCUT2D eigenvalue weighted by atomic mass is 16.5. The van der Waals surface area contributed by atoms with Crippen molar-refractivity contribution < 1.29 is 14.3 Å². The molecule has 0 N–H and O–H groups in total. The third-order valence-corrected chi connectivity index (χ3v) is 2.56. The molecule has 0 amide bonds. The molecule has 0 aliphatic heterocycles. The average Bonchev–Trinajstić information content (AvgIpc) is 2.36. The van der Waals surface area contributed by atoms with Gasteiger partial charge in [-0.05, 0) is 25.2 Å². The van der Waals surface area contributed by atoms with E-state index in [0.717, 1.165) is 30.7 Å². The lowest BCUT2D eigenvalue weighted by molar-refractivity contribution is 0.112. The summed E-state index contributed by atoms with van der Waals surface area (Å²) in [6.07, 6.45) is 0.845. The van der Waals surface area contributed by atoms with E-state index in [-0.39, 0.29) is 0 Å². The molecule has 0 saturated carbocycles. The quantitative estimate of drug-likeness (QED) is 0.675. The summed E-state index contributed by atoms with van der Waals surface area (Å²) in [4.78, 5) is 12.9. The number of carbonyl (C=O) groups is 1. The first-order valence-electron chi connectivity index (χ1n) is 5.50. The van der Waals surface area contributed by atoms with Crippen molar-refractivity contribution in [2.45, 2.75) is 6.54 Å². The molecule has 0 saturated heterocycles. The molecule has 0 fully saturated rings. The molecule has 0 heterocycles. The normalized spacial score (nSPS) is 10.6. The first kappa shape index (κ1) is 13.7. The van der Waals surface area contributed by atoms with Crippen molar-refractivity contribution in [3.05, 3.63) is 29.3 Å². The smallest absolute Gasteiger partial charge is 0.150 e. The summed E-state index contributed by atoms with van der Waals surface area (Å²) in [7, 11) is 5.32. The van der Waals surface area contributed by atoms with Gasteiger partial charge in [0.15, 0.2) is 0 Å². The summed E-state index contributed by atoms with van der Waals surface area (Å²) in [5.41, 5.74) is 1.68. The van der Waals surface area contributed by atoms with Gasteiger partial charge in [0.25, 0.3) is 0 Å². The number of hydrogen-bond acceptors (Lipinski definition) is 4. The molecule has 1 aromatic carbocycles. The fourth-order valence-electron chi connectivity index (χ4n) is 1.61. The molecular formula is C13H19NO3.